The highest BCUT2D eigenvalue weighted by Crippen LogP contribution is 2.37. The summed E-state index contributed by atoms with van der Waals surface area (Å²) in [6, 6.07) is 15.9. The van der Waals surface area contributed by atoms with E-state index >= 15 is 0 Å². The van der Waals surface area contributed by atoms with Crippen molar-refractivity contribution in [3.8, 4) is 23.0 Å². The van der Waals surface area contributed by atoms with Crippen LogP contribution in [0.3, 0.4) is 0 Å². The number of carbonyl (C=O) groups excluding carboxylic acids is 1. The lowest BCUT2D eigenvalue weighted by Crippen LogP contribution is -2.17. The maximum atomic E-state index is 12.4. The van der Waals surface area contributed by atoms with Crippen molar-refractivity contribution < 1.29 is 23.7 Å². The Balaban J connectivity index is 1.70. The molecule has 172 valence electrons. The summed E-state index contributed by atoms with van der Waals surface area (Å²) in [7, 11) is 4.58. The molecule has 0 unspecified atom stereocenters. The van der Waals surface area contributed by atoms with E-state index in [2.05, 4.69) is 26.5 Å². The molecule has 0 aromatic heterocycles. The van der Waals surface area contributed by atoms with Gasteiger partial charge < -0.3 is 18.9 Å². The van der Waals surface area contributed by atoms with Crippen LogP contribution in [0, 0.1) is 0 Å². The van der Waals surface area contributed by atoms with E-state index in [4.69, 9.17) is 30.5 Å². The lowest BCUT2D eigenvalue weighted by atomic mass is 10.2. The molecule has 0 saturated heterocycles. The molecule has 0 saturated carbocycles. The summed E-state index contributed by atoms with van der Waals surface area (Å²) in [4.78, 5) is 12.4. The second-order valence-electron chi connectivity index (χ2n) is 6.68. The van der Waals surface area contributed by atoms with E-state index in [9.17, 15) is 4.79 Å². The molecule has 0 fully saturated rings. The summed E-state index contributed by atoms with van der Waals surface area (Å²) >= 11 is 9.71. The standard InChI is InChI=1S/C24H22BrClN2O5/c1-30-20-9-8-16(12-21(20)31-2)24(29)28-27-13-15-10-18(25)23(22(11-15)32-3)33-14-17-6-4-5-7-19(17)26/h4-13H,14H2,1-3H3,(H,28,29)/b27-13-. The number of rotatable bonds is 9. The number of hydrogen-bond donors (Lipinski definition) is 1. The predicted molar refractivity (Wildman–Crippen MR) is 131 cm³/mol. The molecule has 33 heavy (non-hydrogen) atoms. The number of ether oxygens (including phenoxy) is 4. The van der Waals surface area contributed by atoms with Crippen LogP contribution in [0.5, 0.6) is 23.0 Å². The van der Waals surface area contributed by atoms with Crippen molar-refractivity contribution >= 4 is 39.7 Å². The van der Waals surface area contributed by atoms with Gasteiger partial charge in [0.15, 0.2) is 23.0 Å². The molecule has 0 aliphatic rings. The summed E-state index contributed by atoms with van der Waals surface area (Å²) < 4.78 is 22.5. The molecule has 0 spiro atoms. The smallest absolute Gasteiger partial charge is 0.271 e. The average molecular weight is 534 g/mol. The van der Waals surface area contributed by atoms with Crippen LogP contribution in [0.25, 0.3) is 0 Å². The fraction of sp³-hybridized carbons (Fsp3) is 0.167. The Bertz CT molecular complexity index is 1170. The van der Waals surface area contributed by atoms with Crippen LogP contribution in [0.1, 0.15) is 21.5 Å². The van der Waals surface area contributed by atoms with Gasteiger partial charge in [-0.3, -0.25) is 4.79 Å². The summed E-state index contributed by atoms with van der Waals surface area (Å²) in [6.07, 6.45) is 1.50. The molecule has 0 radical (unpaired) electrons. The maximum absolute atomic E-state index is 12.4. The molecule has 0 bridgehead atoms. The van der Waals surface area contributed by atoms with Crippen LogP contribution in [0.15, 0.2) is 64.2 Å². The first kappa shape index (κ1) is 24.4. The highest BCUT2D eigenvalue weighted by atomic mass is 79.9. The molecule has 0 atom stereocenters. The van der Waals surface area contributed by atoms with E-state index in [1.54, 1.807) is 37.4 Å². The average Bonchev–Trinajstić information content (AvgIpc) is 2.83. The van der Waals surface area contributed by atoms with Crippen LogP contribution >= 0.6 is 27.5 Å². The fourth-order valence-electron chi connectivity index (χ4n) is 2.93. The molecule has 7 nitrogen and oxygen atoms in total. The molecule has 3 aromatic rings. The monoisotopic (exact) mass is 532 g/mol. The summed E-state index contributed by atoms with van der Waals surface area (Å²) in [5.74, 6) is 1.63. The summed E-state index contributed by atoms with van der Waals surface area (Å²) in [5.41, 5.74) is 4.42. The zero-order valence-corrected chi connectivity index (χ0v) is 20.6. The molecule has 1 amide bonds. The van der Waals surface area contributed by atoms with Gasteiger partial charge in [-0.05, 0) is 57.9 Å². The number of methoxy groups -OCH3 is 3. The lowest BCUT2D eigenvalue weighted by Gasteiger charge is -2.14. The molecule has 0 heterocycles. The van der Waals surface area contributed by atoms with Crippen molar-refractivity contribution in [3.63, 3.8) is 0 Å². The van der Waals surface area contributed by atoms with Crippen molar-refractivity contribution in [2.75, 3.05) is 21.3 Å². The second-order valence-corrected chi connectivity index (χ2v) is 7.94. The molecule has 3 aromatic carbocycles. The minimum Gasteiger partial charge on any atom is -0.493 e. The van der Waals surface area contributed by atoms with Crippen molar-refractivity contribution in [2.45, 2.75) is 6.61 Å². The fourth-order valence-corrected chi connectivity index (χ4v) is 3.69. The second kappa shape index (κ2) is 11.6. The Morgan fingerprint density at radius 2 is 1.73 bits per heavy atom. The Morgan fingerprint density at radius 3 is 2.42 bits per heavy atom. The van der Waals surface area contributed by atoms with E-state index in [0.29, 0.717) is 43.6 Å². The Kier molecular flexibility index (Phi) is 8.57. The van der Waals surface area contributed by atoms with Crippen molar-refractivity contribution in [3.05, 3.63) is 80.8 Å². The summed E-state index contributed by atoms with van der Waals surface area (Å²) in [5, 5.41) is 4.66. The molecule has 9 heteroatoms. The van der Waals surface area contributed by atoms with Crippen LogP contribution in [-0.2, 0) is 6.61 Å². The SMILES string of the molecule is COc1ccc(C(=O)N/N=C\c2cc(Br)c(OCc3ccccc3Cl)c(OC)c2)cc1OC. The van der Waals surface area contributed by atoms with Crippen molar-refractivity contribution in [1.29, 1.82) is 0 Å². The minimum atomic E-state index is -0.391. The molecule has 0 aliphatic carbocycles. The van der Waals surface area contributed by atoms with Crippen LogP contribution in [-0.4, -0.2) is 33.5 Å². The van der Waals surface area contributed by atoms with Gasteiger partial charge in [-0.25, -0.2) is 5.43 Å². The largest absolute Gasteiger partial charge is 0.493 e. The van der Waals surface area contributed by atoms with Gasteiger partial charge in [-0.15, -0.1) is 0 Å². The maximum Gasteiger partial charge on any atom is 0.271 e. The quantitative estimate of drug-likeness (QED) is 0.291. The normalized spacial score (nSPS) is 10.7. The molecule has 1 N–H and O–H groups in total. The number of hydrazone groups is 1. The Morgan fingerprint density at radius 1 is 1.00 bits per heavy atom. The van der Waals surface area contributed by atoms with Crippen LogP contribution in [0.2, 0.25) is 5.02 Å². The van der Waals surface area contributed by atoms with E-state index in [0.717, 1.165) is 5.56 Å². The third kappa shape index (κ3) is 6.18. The number of nitrogens with zero attached hydrogens (tertiary/aromatic N) is 1. The first-order chi connectivity index (χ1) is 16.0. The van der Waals surface area contributed by atoms with Crippen molar-refractivity contribution in [1.82, 2.24) is 5.43 Å². The van der Waals surface area contributed by atoms with Gasteiger partial charge in [0.1, 0.15) is 6.61 Å². The molecular weight excluding hydrogens is 512 g/mol. The van der Waals surface area contributed by atoms with E-state index in [1.165, 1.54) is 20.4 Å². The number of carbonyl (C=O) groups is 1. The number of halogens is 2. The molecule has 0 aliphatic heterocycles. The van der Waals surface area contributed by atoms with E-state index in [-0.39, 0.29) is 6.61 Å². The van der Waals surface area contributed by atoms with Gasteiger partial charge in [0.2, 0.25) is 0 Å². The zero-order chi connectivity index (χ0) is 23.8. The van der Waals surface area contributed by atoms with E-state index < -0.39 is 5.91 Å². The topological polar surface area (TPSA) is 78.4 Å². The van der Waals surface area contributed by atoms with Gasteiger partial charge in [0.25, 0.3) is 5.91 Å². The van der Waals surface area contributed by atoms with Crippen molar-refractivity contribution in [2.24, 2.45) is 5.10 Å². The van der Waals surface area contributed by atoms with Gasteiger partial charge in [-0.2, -0.15) is 5.10 Å². The number of benzene rings is 3. The van der Waals surface area contributed by atoms with Crippen LogP contribution < -0.4 is 24.4 Å². The zero-order valence-electron chi connectivity index (χ0n) is 18.2. The number of nitrogens with one attached hydrogen (secondary N) is 1. The van der Waals surface area contributed by atoms with Crippen LogP contribution in [0.4, 0.5) is 0 Å². The highest BCUT2D eigenvalue weighted by Gasteiger charge is 2.13. The number of amides is 1. The summed E-state index contributed by atoms with van der Waals surface area (Å²) in [6.45, 7) is 0.281. The van der Waals surface area contributed by atoms with E-state index in [1.807, 2.05) is 24.3 Å². The highest BCUT2D eigenvalue weighted by molar-refractivity contribution is 9.10. The van der Waals surface area contributed by atoms with Gasteiger partial charge in [-0.1, -0.05) is 29.8 Å². The Hall–Kier alpha value is -3.23. The first-order valence-electron chi connectivity index (χ1n) is 9.76. The third-order valence-corrected chi connectivity index (χ3v) is 5.56. The Labute approximate surface area is 205 Å². The van der Waals surface area contributed by atoms with Gasteiger partial charge in [0, 0.05) is 16.1 Å². The van der Waals surface area contributed by atoms with Gasteiger partial charge in [0.05, 0.1) is 32.0 Å². The molecule has 3 rings (SSSR count). The number of hydrogen-bond acceptors (Lipinski definition) is 6. The predicted octanol–water partition coefficient (Wildman–Crippen LogP) is 5.47. The van der Waals surface area contributed by atoms with Gasteiger partial charge >= 0.3 is 0 Å². The lowest BCUT2D eigenvalue weighted by molar-refractivity contribution is 0.0954. The third-order valence-electron chi connectivity index (χ3n) is 4.61. The minimum absolute atomic E-state index is 0.281. The first-order valence-corrected chi connectivity index (χ1v) is 10.9. The molecular formula is C24H22BrClN2O5.